The fourth-order valence-electron chi connectivity index (χ4n) is 4.37. The molecule has 7 nitrogen and oxygen atoms in total. The SMILES string of the molecule is CC(=O)N1C[C@@H](NC(=O)CC2CCCC2)CC[C@@H](C(=O)NCc2ccccn2)C1. The number of amides is 3. The lowest BCUT2D eigenvalue weighted by atomic mass is 10.00. The molecule has 1 aliphatic heterocycles. The summed E-state index contributed by atoms with van der Waals surface area (Å²) in [5, 5.41) is 6.05. The maximum Gasteiger partial charge on any atom is 0.225 e. The van der Waals surface area contributed by atoms with Crippen molar-refractivity contribution in [3.05, 3.63) is 30.1 Å². The Morgan fingerprint density at radius 3 is 2.59 bits per heavy atom. The predicted molar refractivity (Wildman–Crippen MR) is 110 cm³/mol. The lowest BCUT2D eigenvalue weighted by molar-refractivity contribution is -0.132. The Morgan fingerprint density at radius 1 is 1.10 bits per heavy atom. The Kier molecular flexibility index (Phi) is 7.61. The average Bonchev–Trinajstić information content (AvgIpc) is 3.11. The van der Waals surface area contributed by atoms with Crippen LogP contribution in [0.4, 0.5) is 0 Å². The molecule has 1 aromatic heterocycles. The highest BCUT2D eigenvalue weighted by Gasteiger charge is 2.30. The van der Waals surface area contributed by atoms with Gasteiger partial charge in [0.05, 0.1) is 18.2 Å². The summed E-state index contributed by atoms with van der Waals surface area (Å²) in [4.78, 5) is 43.1. The highest BCUT2D eigenvalue weighted by atomic mass is 16.2. The number of nitrogens with zero attached hydrogens (tertiary/aromatic N) is 2. The van der Waals surface area contributed by atoms with Gasteiger partial charge in [0, 0.05) is 38.7 Å². The molecule has 2 heterocycles. The van der Waals surface area contributed by atoms with Crippen LogP contribution in [0, 0.1) is 11.8 Å². The Balaban J connectivity index is 1.53. The zero-order chi connectivity index (χ0) is 20.6. The van der Waals surface area contributed by atoms with Crippen molar-refractivity contribution < 1.29 is 14.4 Å². The van der Waals surface area contributed by atoms with Crippen LogP contribution < -0.4 is 10.6 Å². The van der Waals surface area contributed by atoms with E-state index >= 15 is 0 Å². The van der Waals surface area contributed by atoms with E-state index in [1.54, 1.807) is 11.1 Å². The number of aromatic nitrogens is 1. The summed E-state index contributed by atoms with van der Waals surface area (Å²) >= 11 is 0. The molecular weight excluding hydrogens is 368 g/mol. The molecule has 0 radical (unpaired) electrons. The second kappa shape index (κ2) is 10.4. The molecule has 2 fully saturated rings. The molecule has 2 N–H and O–H groups in total. The quantitative estimate of drug-likeness (QED) is 0.764. The number of hydrogen-bond acceptors (Lipinski definition) is 4. The number of nitrogens with one attached hydrogen (secondary N) is 2. The first kappa shape index (κ1) is 21.3. The number of likely N-dealkylation sites (tertiary alicyclic amines) is 1. The Morgan fingerprint density at radius 2 is 1.90 bits per heavy atom. The lowest BCUT2D eigenvalue weighted by Crippen LogP contribution is -2.45. The average molecular weight is 401 g/mol. The van der Waals surface area contributed by atoms with E-state index in [0.717, 1.165) is 18.5 Å². The fraction of sp³-hybridized carbons (Fsp3) is 0.636. The van der Waals surface area contributed by atoms with E-state index in [0.29, 0.717) is 44.8 Å². The molecule has 2 atom stereocenters. The Labute approximate surface area is 172 Å². The van der Waals surface area contributed by atoms with Crippen molar-refractivity contribution >= 4 is 17.7 Å². The number of hydrogen-bond donors (Lipinski definition) is 2. The third kappa shape index (κ3) is 6.54. The van der Waals surface area contributed by atoms with Gasteiger partial charge in [-0.05, 0) is 43.7 Å². The maximum atomic E-state index is 12.7. The number of rotatable bonds is 6. The number of carbonyl (C=O) groups is 3. The van der Waals surface area contributed by atoms with E-state index < -0.39 is 0 Å². The van der Waals surface area contributed by atoms with Gasteiger partial charge in [0.1, 0.15) is 0 Å². The van der Waals surface area contributed by atoms with Crippen LogP contribution in [0.3, 0.4) is 0 Å². The minimum atomic E-state index is -0.278. The van der Waals surface area contributed by atoms with Crippen molar-refractivity contribution in [3.63, 3.8) is 0 Å². The van der Waals surface area contributed by atoms with Gasteiger partial charge >= 0.3 is 0 Å². The second-order valence-electron chi connectivity index (χ2n) is 8.36. The molecule has 2 aliphatic rings. The molecule has 3 amide bonds. The summed E-state index contributed by atoms with van der Waals surface area (Å²) in [7, 11) is 0. The van der Waals surface area contributed by atoms with Gasteiger partial charge in [-0.2, -0.15) is 0 Å². The van der Waals surface area contributed by atoms with Crippen LogP contribution in [0.5, 0.6) is 0 Å². The van der Waals surface area contributed by atoms with Crippen molar-refractivity contribution in [2.75, 3.05) is 13.1 Å². The molecule has 1 saturated heterocycles. The minimum Gasteiger partial charge on any atom is -0.352 e. The van der Waals surface area contributed by atoms with Crippen LogP contribution in [0.25, 0.3) is 0 Å². The summed E-state index contributed by atoms with van der Waals surface area (Å²) in [6.07, 6.45) is 8.32. The third-order valence-electron chi connectivity index (χ3n) is 6.05. The van der Waals surface area contributed by atoms with Gasteiger partial charge in [0.15, 0.2) is 0 Å². The summed E-state index contributed by atoms with van der Waals surface area (Å²) in [5.41, 5.74) is 0.801. The van der Waals surface area contributed by atoms with E-state index in [-0.39, 0.29) is 29.7 Å². The second-order valence-corrected chi connectivity index (χ2v) is 8.36. The van der Waals surface area contributed by atoms with Crippen LogP contribution in [-0.4, -0.2) is 46.7 Å². The molecule has 0 aromatic carbocycles. The van der Waals surface area contributed by atoms with E-state index in [2.05, 4.69) is 15.6 Å². The van der Waals surface area contributed by atoms with Crippen molar-refractivity contribution in [2.24, 2.45) is 11.8 Å². The smallest absolute Gasteiger partial charge is 0.225 e. The molecule has 1 aromatic rings. The molecule has 1 saturated carbocycles. The van der Waals surface area contributed by atoms with E-state index in [9.17, 15) is 14.4 Å². The van der Waals surface area contributed by atoms with Gasteiger partial charge in [-0.15, -0.1) is 0 Å². The highest BCUT2D eigenvalue weighted by molar-refractivity contribution is 5.80. The van der Waals surface area contributed by atoms with Crippen molar-refractivity contribution in [3.8, 4) is 0 Å². The molecule has 29 heavy (non-hydrogen) atoms. The molecule has 7 heteroatoms. The van der Waals surface area contributed by atoms with Crippen LogP contribution in [0.2, 0.25) is 0 Å². The normalized spacial score (nSPS) is 22.7. The van der Waals surface area contributed by atoms with E-state index in [4.69, 9.17) is 0 Å². The number of carbonyl (C=O) groups excluding carboxylic acids is 3. The largest absolute Gasteiger partial charge is 0.352 e. The molecule has 0 bridgehead atoms. The van der Waals surface area contributed by atoms with Gasteiger partial charge in [-0.25, -0.2) is 0 Å². The topological polar surface area (TPSA) is 91.4 Å². The lowest BCUT2D eigenvalue weighted by Gasteiger charge is -2.25. The van der Waals surface area contributed by atoms with Crippen molar-refractivity contribution in [1.29, 1.82) is 0 Å². The summed E-state index contributed by atoms with van der Waals surface area (Å²) in [6.45, 7) is 2.75. The number of pyridine rings is 1. The molecule has 3 rings (SSSR count). The fourth-order valence-corrected chi connectivity index (χ4v) is 4.37. The Bertz CT molecular complexity index is 703. The highest BCUT2D eigenvalue weighted by Crippen LogP contribution is 2.27. The minimum absolute atomic E-state index is 0.0653. The molecular formula is C22H32N4O3. The third-order valence-corrected chi connectivity index (χ3v) is 6.05. The molecule has 158 valence electrons. The first-order chi connectivity index (χ1) is 14.0. The predicted octanol–water partition coefficient (Wildman–Crippen LogP) is 2.02. The van der Waals surface area contributed by atoms with Gasteiger partial charge < -0.3 is 15.5 Å². The van der Waals surface area contributed by atoms with Crippen molar-refractivity contribution in [1.82, 2.24) is 20.5 Å². The van der Waals surface area contributed by atoms with E-state index in [1.807, 2.05) is 18.2 Å². The molecule has 0 spiro atoms. The van der Waals surface area contributed by atoms with Crippen LogP contribution in [0.1, 0.15) is 57.6 Å². The molecule has 1 aliphatic carbocycles. The van der Waals surface area contributed by atoms with E-state index in [1.165, 1.54) is 19.8 Å². The van der Waals surface area contributed by atoms with Gasteiger partial charge in [0.2, 0.25) is 17.7 Å². The first-order valence-corrected chi connectivity index (χ1v) is 10.7. The monoisotopic (exact) mass is 400 g/mol. The summed E-state index contributed by atoms with van der Waals surface area (Å²) < 4.78 is 0. The Hall–Kier alpha value is -2.44. The van der Waals surface area contributed by atoms with Gasteiger partial charge in [-0.1, -0.05) is 18.9 Å². The first-order valence-electron chi connectivity index (χ1n) is 10.7. The maximum absolute atomic E-state index is 12.7. The summed E-state index contributed by atoms with van der Waals surface area (Å²) in [6, 6.07) is 5.49. The van der Waals surface area contributed by atoms with Gasteiger partial charge in [-0.3, -0.25) is 19.4 Å². The van der Waals surface area contributed by atoms with Gasteiger partial charge in [0.25, 0.3) is 0 Å². The molecule has 0 unspecified atom stereocenters. The van der Waals surface area contributed by atoms with Crippen LogP contribution in [-0.2, 0) is 20.9 Å². The standard InChI is InChI=1S/C22H32N4O3/c1-16(27)26-14-18(22(29)24-13-19-8-4-5-11-23-19)9-10-20(15-26)25-21(28)12-17-6-2-3-7-17/h4-5,8,11,17-18,20H,2-3,6-7,9-10,12-15H2,1H3,(H,24,29)(H,25,28)/t18-,20+/m1/s1. The van der Waals surface area contributed by atoms with Crippen LogP contribution in [0.15, 0.2) is 24.4 Å². The zero-order valence-corrected chi connectivity index (χ0v) is 17.2. The van der Waals surface area contributed by atoms with Crippen molar-refractivity contribution in [2.45, 2.75) is 64.5 Å². The summed E-state index contributed by atoms with van der Waals surface area (Å²) in [5.74, 6) is 0.155. The van der Waals surface area contributed by atoms with Crippen LogP contribution >= 0.6 is 0 Å². The zero-order valence-electron chi connectivity index (χ0n) is 17.2.